The van der Waals surface area contributed by atoms with Gasteiger partial charge in [-0.25, -0.2) is 4.79 Å². The quantitative estimate of drug-likeness (QED) is 0.584. The van der Waals surface area contributed by atoms with Crippen LogP contribution >= 0.6 is 11.6 Å². The Morgan fingerprint density at radius 3 is 2.73 bits per heavy atom. The fourth-order valence-electron chi connectivity index (χ4n) is 2.61. The minimum Gasteiger partial charge on any atom is -0.496 e. The number of methoxy groups -OCH3 is 1. The van der Waals surface area contributed by atoms with Gasteiger partial charge in [0.25, 0.3) is 0 Å². The first-order valence-corrected chi connectivity index (χ1v) is 8.33. The molecular weight excluding hydrogens is 356 g/mol. The van der Waals surface area contributed by atoms with Crippen LogP contribution in [0, 0.1) is 0 Å². The lowest BCUT2D eigenvalue weighted by molar-refractivity contribution is -0.140. The summed E-state index contributed by atoms with van der Waals surface area (Å²) in [6, 6.07) is 10.2. The molecule has 134 valence electrons. The van der Waals surface area contributed by atoms with Crippen LogP contribution in [0.2, 0.25) is 5.02 Å². The van der Waals surface area contributed by atoms with Gasteiger partial charge in [-0.05, 0) is 49.4 Å². The van der Waals surface area contributed by atoms with E-state index in [0.29, 0.717) is 33.2 Å². The molecule has 3 rings (SSSR count). The Hall–Kier alpha value is -2.79. The summed E-state index contributed by atoms with van der Waals surface area (Å²) in [5, 5.41) is 0.559. The van der Waals surface area contributed by atoms with Gasteiger partial charge in [0.1, 0.15) is 24.7 Å². The van der Waals surface area contributed by atoms with Crippen LogP contribution in [0.1, 0.15) is 28.4 Å². The lowest BCUT2D eigenvalue weighted by Crippen LogP contribution is -2.17. The topological polar surface area (TPSA) is 61.8 Å². The van der Waals surface area contributed by atoms with E-state index >= 15 is 0 Å². The molecule has 6 heteroatoms. The number of ether oxygens (including phenoxy) is 3. The molecule has 0 atom stereocenters. The molecule has 0 fully saturated rings. The first-order valence-electron chi connectivity index (χ1n) is 7.96. The van der Waals surface area contributed by atoms with Gasteiger partial charge in [-0.15, -0.1) is 0 Å². The van der Waals surface area contributed by atoms with Crippen LogP contribution in [-0.2, 0) is 16.1 Å². The maximum Gasteiger partial charge on any atom is 0.337 e. The van der Waals surface area contributed by atoms with Crippen molar-refractivity contribution in [1.82, 2.24) is 0 Å². The molecule has 5 nitrogen and oxygen atoms in total. The van der Waals surface area contributed by atoms with E-state index in [4.69, 9.17) is 25.8 Å². The van der Waals surface area contributed by atoms with Crippen molar-refractivity contribution >= 4 is 29.4 Å². The Morgan fingerprint density at radius 1 is 1.19 bits per heavy atom. The highest BCUT2D eigenvalue weighted by Crippen LogP contribution is 2.29. The number of Topliss-reactive ketones (excluding diaryl/α,β-unsaturated/α-hetero) is 1. The van der Waals surface area contributed by atoms with Crippen molar-refractivity contribution in [3.63, 3.8) is 0 Å². The minimum atomic E-state index is -0.495. The van der Waals surface area contributed by atoms with Gasteiger partial charge in [0, 0.05) is 21.7 Å². The van der Waals surface area contributed by atoms with Gasteiger partial charge in [-0.1, -0.05) is 11.6 Å². The molecule has 1 aliphatic heterocycles. The standard InChI is InChI=1S/C20H17ClO5/c1-12(22)13-3-5-18(24-2)15(7-13)10-26-20(23)16-8-14-9-17(21)4-6-19(14)25-11-16/h3-9H,10-11H2,1-2H3. The third-order valence-corrected chi connectivity index (χ3v) is 4.23. The van der Waals surface area contributed by atoms with Crippen molar-refractivity contribution in [2.75, 3.05) is 13.7 Å². The smallest absolute Gasteiger partial charge is 0.337 e. The largest absolute Gasteiger partial charge is 0.496 e. The molecule has 0 amide bonds. The van der Waals surface area contributed by atoms with Crippen LogP contribution < -0.4 is 9.47 Å². The predicted molar refractivity (Wildman–Crippen MR) is 97.7 cm³/mol. The van der Waals surface area contributed by atoms with E-state index in [-0.39, 0.29) is 19.0 Å². The van der Waals surface area contributed by atoms with Gasteiger partial charge in [0.05, 0.1) is 12.7 Å². The Morgan fingerprint density at radius 2 is 2.00 bits per heavy atom. The molecule has 26 heavy (non-hydrogen) atoms. The fourth-order valence-corrected chi connectivity index (χ4v) is 2.79. The molecule has 2 aromatic rings. The van der Waals surface area contributed by atoms with E-state index in [1.165, 1.54) is 14.0 Å². The number of hydrogen-bond donors (Lipinski definition) is 0. The van der Waals surface area contributed by atoms with E-state index in [2.05, 4.69) is 0 Å². The third-order valence-electron chi connectivity index (χ3n) is 3.99. The van der Waals surface area contributed by atoms with Crippen LogP contribution in [0.25, 0.3) is 6.08 Å². The molecule has 0 spiro atoms. The van der Waals surface area contributed by atoms with Crippen molar-refractivity contribution in [2.45, 2.75) is 13.5 Å². The SMILES string of the molecule is COc1ccc(C(C)=O)cc1COC(=O)C1=Cc2cc(Cl)ccc2OC1. The van der Waals surface area contributed by atoms with Crippen LogP contribution in [0.4, 0.5) is 0 Å². The van der Waals surface area contributed by atoms with Gasteiger partial charge in [0.2, 0.25) is 0 Å². The first-order chi connectivity index (χ1) is 12.5. The van der Waals surface area contributed by atoms with Gasteiger partial charge in [0.15, 0.2) is 5.78 Å². The maximum atomic E-state index is 12.4. The summed E-state index contributed by atoms with van der Waals surface area (Å²) in [5.74, 6) is 0.651. The summed E-state index contributed by atoms with van der Waals surface area (Å²) in [4.78, 5) is 23.9. The van der Waals surface area contributed by atoms with E-state index in [9.17, 15) is 9.59 Å². The average molecular weight is 373 g/mol. The molecule has 0 saturated heterocycles. The minimum absolute atomic E-state index is 0.0110. The van der Waals surface area contributed by atoms with Gasteiger partial charge < -0.3 is 14.2 Å². The number of hydrogen-bond acceptors (Lipinski definition) is 5. The molecule has 2 aromatic carbocycles. The highest BCUT2D eigenvalue weighted by Gasteiger charge is 2.19. The molecule has 0 radical (unpaired) electrons. The summed E-state index contributed by atoms with van der Waals surface area (Å²) in [5.41, 5.74) is 2.27. The number of esters is 1. The lowest BCUT2D eigenvalue weighted by atomic mass is 10.1. The highest BCUT2D eigenvalue weighted by atomic mass is 35.5. The zero-order chi connectivity index (χ0) is 18.7. The van der Waals surface area contributed by atoms with Crippen molar-refractivity contribution in [1.29, 1.82) is 0 Å². The molecule has 0 N–H and O–H groups in total. The van der Waals surface area contributed by atoms with Gasteiger partial charge in [-0.3, -0.25) is 4.79 Å². The summed E-state index contributed by atoms with van der Waals surface area (Å²) >= 11 is 5.98. The second-order valence-corrected chi connectivity index (χ2v) is 6.24. The first kappa shape index (κ1) is 18.0. The Bertz CT molecular complexity index is 901. The van der Waals surface area contributed by atoms with Crippen molar-refractivity contribution in [3.8, 4) is 11.5 Å². The van der Waals surface area contributed by atoms with Crippen molar-refractivity contribution < 1.29 is 23.8 Å². The van der Waals surface area contributed by atoms with Gasteiger partial charge >= 0.3 is 5.97 Å². The second kappa shape index (κ2) is 7.62. The predicted octanol–water partition coefficient (Wildman–Crippen LogP) is 4.07. The van der Waals surface area contributed by atoms with E-state index in [1.807, 2.05) is 0 Å². The third kappa shape index (κ3) is 3.89. The van der Waals surface area contributed by atoms with E-state index in [1.54, 1.807) is 42.5 Å². The zero-order valence-corrected chi connectivity index (χ0v) is 15.1. The fraction of sp³-hybridized carbons (Fsp3) is 0.200. The number of carbonyl (C=O) groups is 2. The number of ketones is 1. The molecule has 0 unspecified atom stereocenters. The number of fused-ring (bicyclic) bond motifs is 1. The summed E-state index contributed by atoms with van der Waals surface area (Å²) in [7, 11) is 1.52. The second-order valence-electron chi connectivity index (χ2n) is 5.80. The maximum absolute atomic E-state index is 12.4. The molecule has 0 saturated carbocycles. The van der Waals surface area contributed by atoms with Crippen molar-refractivity contribution in [3.05, 3.63) is 63.7 Å². The molecular formula is C20H17ClO5. The van der Waals surface area contributed by atoms with Crippen LogP contribution in [0.3, 0.4) is 0 Å². The van der Waals surface area contributed by atoms with Crippen LogP contribution in [-0.4, -0.2) is 25.5 Å². The van der Waals surface area contributed by atoms with E-state index in [0.717, 1.165) is 5.56 Å². The summed E-state index contributed by atoms with van der Waals surface area (Å²) in [6.45, 7) is 1.59. The number of carbonyl (C=O) groups excluding carboxylic acids is 2. The molecule has 0 bridgehead atoms. The Balaban J connectivity index is 1.75. The summed E-state index contributed by atoms with van der Waals surface area (Å²) in [6.07, 6.45) is 1.70. The molecule has 0 aliphatic carbocycles. The Labute approximate surface area is 156 Å². The Kier molecular flexibility index (Phi) is 5.28. The van der Waals surface area contributed by atoms with Crippen LogP contribution in [0.5, 0.6) is 11.5 Å². The highest BCUT2D eigenvalue weighted by molar-refractivity contribution is 6.30. The lowest BCUT2D eigenvalue weighted by Gasteiger charge is -2.17. The normalized spacial score (nSPS) is 12.5. The zero-order valence-electron chi connectivity index (χ0n) is 14.4. The monoisotopic (exact) mass is 372 g/mol. The number of halogens is 1. The summed E-state index contributed by atoms with van der Waals surface area (Å²) < 4.78 is 16.2. The number of rotatable bonds is 5. The average Bonchev–Trinajstić information content (AvgIpc) is 2.65. The molecule has 1 aliphatic rings. The number of benzene rings is 2. The molecule has 1 heterocycles. The van der Waals surface area contributed by atoms with Gasteiger partial charge in [-0.2, -0.15) is 0 Å². The molecule has 0 aromatic heterocycles. The van der Waals surface area contributed by atoms with Crippen LogP contribution in [0.15, 0.2) is 42.0 Å². The van der Waals surface area contributed by atoms with Crippen molar-refractivity contribution in [2.24, 2.45) is 0 Å². The van der Waals surface area contributed by atoms with E-state index < -0.39 is 5.97 Å².